The van der Waals surface area contributed by atoms with Gasteiger partial charge in [0.15, 0.2) is 11.5 Å². The van der Waals surface area contributed by atoms with Crippen molar-refractivity contribution in [3.8, 4) is 11.5 Å². The van der Waals surface area contributed by atoms with E-state index in [0.717, 1.165) is 0 Å². The van der Waals surface area contributed by atoms with Crippen LogP contribution in [0.5, 0.6) is 11.5 Å². The van der Waals surface area contributed by atoms with Crippen LogP contribution in [0.25, 0.3) is 0 Å². The van der Waals surface area contributed by atoms with E-state index in [9.17, 15) is 9.18 Å². The summed E-state index contributed by atoms with van der Waals surface area (Å²) in [6.45, 7) is 2.02. The summed E-state index contributed by atoms with van der Waals surface area (Å²) in [6.07, 6.45) is 0. The lowest BCUT2D eigenvalue weighted by molar-refractivity contribution is 0.0945. The molecule has 0 fully saturated rings. The molecule has 0 bridgehead atoms. The van der Waals surface area contributed by atoms with Crippen LogP contribution >= 0.6 is 0 Å². The fraction of sp³-hybridized carbons (Fsp3) is 0.150. The van der Waals surface area contributed by atoms with E-state index in [1.165, 1.54) is 6.07 Å². The lowest BCUT2D eigenvalue weighted by Crippen LogP contribution is -2.25. The molecule has 2 aromatic carbocycles. The number of nitrogens with one attached hydrogen (secondary N) is 2. The van der Waals surface area contributed by atoms with Gasteiger partial charge in [0, 0.05) is 29.6 Å². The highest BCUT2D eigenvalue weighted by Crippen LogP contribution is 2.34. The van der Waals surface area contributed by atoms with Crippen LogP contribution in [0.15, 0.2) is 48.5 Å². The summed E-state index contributed by atoms with van der Waals surface area (Å²) >= 11 is 0. The van der Waals surface area contributed by atoms with Crippen molar-refractivity contribution in [3.63, 3.8) is 0 Å². The molecule has 0 spiro atoms. The zero-order valence-corrected chi connectivity index (χ0v) is 15.0. The molecule has 2 N–H and O–H groups in total. The molecule has 3 aromatic rings. The van der Waals surface area contributed by atoms with Gasteiger partial charge in [0.2, 0.25) is 12.7 Å². The predicted molar refractivity (Wildman–Crippen MR) is 100 cm³/mol. The summed E-state index contributed by atoms with van der Waals surface area (Å²) in [5.41, 5.74) is 1.91. The maximum Gasteiger partial charge on any atom is 0.270 e. The summed E-state index contributed by atoms with van der Waals surface area (Å²) in [6, 6.07) is 13.2. The number of hydrogen-bond donors (Lipinski definition) is 2. The third-order valence-electron chi connectivity index (χ3n) is 4.11. The zero-order valence-electron chi connectivity index (χ0n) is 15.0. The second kappa shape index (κ2) is 7.51. The lowest BCUT2D eigenvalue weighted by Gasteiger charge is -2.10. The average molecular weight is 380 g/mol. The van der Waals surface area contributed by atoms with Crippen LogP contribution in [0.4, 0.5) is 16.0 Å². The van der Waals surface area contributed by atoms with Crippen molar-refractivity contribution >= 4 is 17.5 Å². The van der Waals surface area contributed by atoms with Crippen molar-refractivity contribution in [1.82, 2.24) is 15.3 Å². The Kier molecular flexibility index (Phi) is 4.76. The fourth-order valence-electron chi connectivity index (χ4n) is 2.75. The van der Waals surface area contributed by atoms with Gasteiger partial charge in [-0.05, 0) is 31.2 Å². The maximum absolute atomic E-state index is 13.7. The van der Waals surface area contributed by atoms with E-state index in [1.54, 1.807) is 49.4 Å². The Hall–Kier alpha value is -3.68. The zero-order chi connectivity index (χ0) is 19.5. The number of rotatable bonds is 5. The highest BCUT2D eigenvalue weighted by molar-refractivity contribution is 5.92. The molecule has 2 heterocycles. The predicted octanol–water partition coefficient (Wildman–Crippen LogP) is 3.33. The molecule has 28 heavy (non-hydrogen) atoms. The molecule has 0 radical (unpaired) electrons. The Bertz CT molecular complexity index is 1040. The fourth-order valence-corrected chi connectivity index (χ4v) is 2.75. The van der Waals surface area contributed by atoms with Crippen molar-refractivity contribution in [2.45, 2.75) is 13.5 Å². The first kappa shape index (κ1) is 17.7. The minimum absolute atomic E-state index is 0.0689. The standard InChI is InChI=1S/C20H17FN4O3/c1-12-8-16(19(26)22-10-13-4-2-3-5-15(13)21)25-20(23-12)24-14-6-7-17-18(9-14)28-11-27-17/h2-9H,10-11H2,1H3,(H,22,26)(H,23,24,25). The highest BCUT2D eigenvalue weighted by Gasteiger charge is 2.15. The molecule has 1 amide bonds. The average Bonchev–Trinajstić information content (AvgIpc) is 3.14. The van der Waals surface area contributed by atoms with Crippen molar-refractivity contribution in [3.05, 3.63) is 71.3 Å². The van der Waals surface area contributed by atoms with Gasteiger partial charge in [0.25, 0.3) is 5.91 Å². The number of aryl methyl sites for hydroxylation is 1. The monoisotopic (exact) mass is 380 g/mol. The van der Waals surface area contributed by atoms with E-state index in [1.807, 2.05) is 0 Å². The number of hydrogen-bond acceptors (Lipinski definition) is 6. The number of aromatic nitrogens is 2. The van der Waals surface area contributed by atoms with Gasteiger partial charge in [-0.2, -0.15) is 0 Å². The molecule has 1 aromatic heterocycles. The summed E-state index contributed by atoms with van der Waals surface area (Å²) < 4.78 is 24.3. The van der Waals surface area contributed by atoms with Crippen LogP contribution in [0.3, 0.4) is 0 Å². The summed E-state index contributed by atoms with van der Waals surface area (Å²) in [5, 5.41) is 5.73. The number of carbonyl (C=O) groups excluding carboxylic acids is 1. The van der Waals surface area contributed by atoms with Gasteiger partial charge in [-0.3, -0.25) is 4.79 Å². The quantitative estimate of drug-likeness (QED) is 0.706. The lowest BCUT2D eigenvalue weighted by atomic mass is 10.2. The molecule has 0 unspecified atom stereocenters. The van der Waals surface area contributed by atoms with Crippen molar-refractivity contribution in [2.75, 3.05) is 12.1 Å². The number of nitrogens with zero attached hydrogens (tertiary/aromatic N) is 2. The molecule has 1 aliphatic heterocycles. The Morgan fingerprint density at radius 1 is 1.11 bits per heavy atom. The number of carbonyl (C=O) groups is 1. The van der Waals surface area contributed by atoms with E-state index >= 15 is 0 Å². The first-order valence-corrected chi connectivity index (χ1v) is 8.62. The van der Waals surface area contributed by atoms with Crippen molar-refractivity contribution in [2.24, 2.45) is 0 Å². The van der Waals surface area contributed by atoms with Gasteiger partial charge in [0.05, 0.1) is 0 Å². The van der Waals surface area contributed by atoms with Crippen LogP contribution in [0, 0.1) is 12.7 Å². The molecule has 8 heteroatoms. The summed E-state index contributed by atoms with van der Waals surface area (Å²) in [7, 11) is 0. The second-order valence-electron chi connectivity index (χ2n) is 6.19. The molecule has 142 valence electrons. The number of amides is 1. The van der Waals surface area contributed by atoms with E-state index in [2.05, 4.69) is 20.6 Å². The minimum atomic E-state index is -0.414. The van der Waals surface area contributed by atoms with Crippen LogP contribution in [0.2, 0.25) is 0 Å². The van der Waals surface area contributed by atoms with Crippen LogP contribution in [0.1, 0.15) is 21.7 Å². The smallest absolute Gasteiger partial charge is 0.270 e. The summed E-state index contributed by atoms with van der Waals surface area (Å²) in [5.74, 6) is 0.786. The molecule has 0 saturated carbocycles. The molecule has 0 atom stereocenters. The molecular weight excluding hydrogens is 363 g/mol. The SMILES string of the molecule is Cc1cc(C(=O)NCc2ccccc2F)nc(Nc2ccc3c(c2)OCO3)n1. The second-order valence-corrected chi connectivity index (χ2v) is 6.19. The van der Waals surface area contributed by atoms with E-state index < -0.39 is 5.91 Å². The van der Waals surface area contributed by atoms with E-state index in [0.29, 0.717) is 28.4 Å². The first-order valence-electron chi connectivity index (χ1n) is 8.62. The Morgan fingerprint density at radius 3 is 2.79 bits per heavy atom. The first-order chi connectivity index (χ1) is 13.6. The summed E-state index contributed by atoms with van der Waals surface area (Å²) in [4.78, 5) is 21.0. The number of benzene rings is 2. The van der Waals surface area contributed by atoms with Crippen molar-refractivity contribution in [1.29, 1.82) is 0 Å². The number of fused-ring (bicyclic) bond motifs is 1. The topological polar surface area (TPSA) is 85.4 Å². The molecule has 4 rings (SSSR count). The third kappa shape index (κ3) is 3.85. The van der Waals surface area contributed by atoms with Gasteiger partial charge >= 0.3 is 0 Å². The normalized spacial score (nSPS) is 11.9. The van der Waals surface area contributed by atoms with Gasteiger partial charge in [0.1, 0.15) is 11.5 Å². The van der Waals surface area contributed by atoms with Gasteiger partial charge in [-0.25, -0.2) is 14.4 Å². The number of anilines is 2. The van der Waals surface area contributed by atoms with Crippen LogP contribution < -0.4 is 20.1 Å². The molecule has 0 saturated heterocycles. The van der Waals surface area contributed by atoms with Crippen LogP contribution in [-0.2, 0) is 6.54 Å². The van der Waals surface area contributed by atoms with E-state index in [4.69, 9.17) is 9.47 Å². The Morgan fingerprint density at radius 2 is 1.93 bits per heavy atom. The Labute approximate surface area is 160 Å². The van der Waals surface area contributed by atoms with Gasteiger partial charge in [-0.15, -0.1) is 0 Å². The van der Waals surface area contributed by atoms with Crippen LogP contribution in [-0.4, -0.2) is 22.7 Å². The maximum atomic E-state index is 13.7. The molecule has 7 nitrogen and oxygen atoms in total. The highest BCUT2D eigenvalue weighted by atomic mass is 19.1. The molecular formula is C20H17FN4O3. The number of ether oxygens (including phenoxy) is 2. The number of halogens is 1. The van der Waals surface area contributed by atoms with E-state index in [-0.39, 0.29) is 30.8 Å². The Balaban J connectivity index is 1.48. The molecule has 0 aliphatic carbocycles. The third-order valence-corrected chi connectivity index (χ3v) is 4.11. The van der Waals surface area contributed by atoms with Crippen molar-refractivity contribution < 1.29 is 18.7 Å². The minimum Gasteiger partial charge on any atom is -0.454 e. The molecule has 1 aliphatic rings. The van der Waals surface area contributed by atoms with Gasteiger partial charge < -0.3 is 20.1 Å². The largest absolute Gasteiger partial charge is 0.454 e. The van der Waals surface area contributed by atoms with Gasteiger partial charge in [-0.1, -0.05) is 18.2 Å².